The minimum atomic E-state index is -4.48. The number of fused-ring (bicyclic) bond motifs is 3. The zero-order valence-electron chi connectivity index (χ0n) is 14.3. The van der Waals surface area contributed by atoms with Crippen molar-refractivity contribution in [2.75, 3.05) is 13.1 Å². The van der Waals surface area contributed by atoms with Crippen LogP contribution in [0.25, 0.3) is 21.9 Å². The van der Waals surface area contributed by atoms with Crippen LogP contribution in [-0.2, 0) is 4.79 Å². The molecular formula is C18H16F3N5O. The van der Waals surface area contributed by atoms with Crippen LogP contribution in [-0.4, -0.2) is 50.0 Å². The van der Waals surface area contributed by atoms with Gasteiger partial charge in [-0.15, -0.1) is 0 Å². The molecule has 0 bridgehead atoms. The number of halogens is 3. The van der Waals surface area contributed by atoms with E-state index < -0.39 is 17.5 Å². The number of hydrogen-bond acceptors (Lipinski definition) is 4. The molecule has 27 heavy (non-hydrogen) atoms. The minimum absolute atomic E-state index is 0.109. The van der Waals surface area contributed by atoms with Crippen LogP contribution in [0.15, 0.2) is 24.8 Å². The van der Waals surface area contributed by atoms with Crippen molar-refractivity contribution in [3.8, 4) is 0 Å². The van der Waals surface area contributed by atoms with Gasteiger partial charge in [0.15, 0.2) is 0 Å². The topological polar surface area (TPSA) is 74.8 Å². The van der Waals surface area contributed by atoms with Gasteiger partial charge >= 0.3 is 6.18 Å². The van der Waals surface area contributed by atoms with E-state index in [1.807, 2.05) is 6.07 Å². The van der Waals surface area contributed by atoms with Crippen LogP contribution in [0.5, 0.6) is 0 Å². The summed E-state index contributed by atoms with van der Waals surface area (Å²) >= 11 is 0. The standard InChI is InChI=1S/C18H16F3N5O/c19-18(20,21)17(3-4-17)16(27)26-6-2-10(8-26)14-13-11-1-5-22-15(11)23-7-12(13)24-9-25-14/h1,5,7,9-10H,2-4,6,8H2,(H,22,23). The van der Waals surface area contributed by atoms with Gasteiger partial charge in [-0.05, 0) is 25.3 Å². The number of alkyl halides is 3. The highest BCUT2D eigenvalue weighted by atomic mass is 19.4. The Kier molecular flexibility index (Phi) is 3.29. The number of aromatic nitrogens is 4. The molecule has 3 aromatic rings. The molecule has 0 aromatic carbocycles. The second-order valence-corrected chi connectivity index (χ2v) is 7.33. The number of rotatable bonds is 2. The van der Waals surface area contributed by atoms with Gasteiger partial charge in [0.25, 0.3) is 0 Å². The lowest BCUT2D eigenvalue weighted by Crippen LogP contribution is -2.43. The van der Waals surface area contributed by atoms with Crippen molar-refractivity contribution >= 4 is 27.8 Å². The maximum atomic E-state index is 13.3. The third-order valence-electron chi connectivity index (χ3n) is 5.78. The summed E-state index contributed by atoms with van der Waals surface area (Å²) < 4.78 is 39.9. The largest absolute Gasteiger partial charge is 0.403 e. The maximum absolute atomic E-state index is 13.3. The van der Waals surface area contributed by atoms with E-state index in [0.29, 0.717) is 24.1 Å². The Labute approximate surface area is 151 Å². The molecule has 1 atom stereocenters. The number of nitrogens with zero attached hydrogens (tertiary/aromatic N) is 4. The van der Waals surface area contributed by atoms with Crippen LogP contribution < -0.4 is 0 Å². The van der Waals surface area contributed by atoms with E-state index in [1.165, 1.54) is 11.2 Å². The lowest BCUT2D eigenvalue weighted by atomic mass is 9.99. The van der Waals surface area contributed by atoms with Crippen LogP contribution in [0.2, 0.25) is 0 Å². The molecule has 4 heterocycles. The molecule has 3 aromatic heterocycles. The molecular weight excluding hydrogens is 359 g/mol. The van der Waals surface area contributed by atoms with Crippen molar-refractivity contribution in [3.05, 3.63) is 30.5 Å². The van der Waals surface area contributed by atoms with Crippen molar-refractivity contribution in [3.63, 3.8) is 0 Å². The number of pyridine rings is 1. The molecule has 5 rings (SSSR count). The molecule has 1 N–H and O–H groups in total. The van der Waals surface area contributed by atoms with Gasteiger partial charge in [-0.1, -0.05) is 0 Å². The van der Waals surface area contributed by atoms with Gasteiger partial charge in [-0.3, -0.25) is 4.79 Å². The molecule has 0 radical (unpaired) electrons. The second-order valence-electron chi connectivity index (χ2n) is 7.33. The predicted molar refractivity (Wildman–Crippen MR) is 90.8 cm³/mol. The fraction of sp³-hybridized carbons (Fsp3) is 0.444. The summed E-state index contributed by atoms with van der Waals surface area (Å²) in [7, 11) is 0. The molecule has 2 aliphatic rings. The Morgan fingerprint density at radius 1 is 1.26 bits per heavy atom. The first-order chi connectivity index (χ1) is 12.9. The van der Waals surface area contributed by atoms with Gasteiger partial charge in [0.1, 0.15) is 17.4 Å². The smallest absolute Gasteiger partial charge is 0.346 e. The monoisotopic (exact) mass is 375 g/mol. The van der Waals surface area contributed by atoms with E-state index in [1.54, 1.807) is 12.4 Å². The quantitative estimate of drug-likeness (QED) is 0.747. The Hall–Kier alpha value is -2.71. The third-order valence-corrected chi connectivity index (χ3v) is 5.78. The first-order valence-corrected chi connectivity index (χ1v) is 8.83. The molecule has 1 aliphatic carbocycles. The van der Waals surface area contributed by atoms with E-state index in [-0.39, 0.29) is 25.3 Å². The number of carbonyl (C=O) groups is 1. The fourth-order valence-electron chi connectivity index (χ4n) is 4.11. The number of amides is 1. The van der Waals surface area contributed by atoms with Crippen molar-refractivity contribution < 1.29 is 18.0 Å². The Bertz CT molecular complexity index is 1060. The number of H-pyrrole nitrogens is 1. The summed E-state index contributed by atoms with van der Waals surface area (Å²) in [5, 5.41) is 1.72. The second kappa shape index (κ2) is 5.40. The molecule has 0 spiro atoms. The first kappa shape index (κ1) is 16.5. The molecule has 1 saturated heterocycles. The zero-order chi connectivity index (χ0) is 18.8. The molecule has 1 amide bonds. The molecule has 2 fully saturated rings. The van der Waals surface area contributed by atoms with Crippen LogP contribution >= 0.6 is 0 Å². The van der Waals surface area contributed by atoms with Crippen LogP contribution in [0.1, 0.15) is 30.9 Å². The highest BCUT2D eigenvalue weighted by Gasteiger charge is 2.69. The molecule has 140 valence electrons. The summed E-state index contributed by atoms with van der Waals surface area (Å²) in [4.78, 5) is 29.9. The van der Waals surface area contributed by atoms with Crippen LogP contribution in [0.4, 0.5) is 13.2 Å². The predicted octanol–water partition coefficient (Wildman–Crippen LogP) is 3.16. The number of likely N-dealkylation sites (tertiary alicyclic amines) is 1. The van der Waals surface area contributed by atoms with E-state index in [4.69, 9.17) is 0 Å². The van der Waals surface area contributed by atoms with Crippen molar-refractivity contribution in [1.82, 2.24) is 24.8 Å². The Morgan fingerprint density at radius 2 is 2.07 bits per heavy atom. The number of hydrogen-bond donors (Lipinski definition) is 1. The average Bonchev–Trinajstić information content (AvgIpc) is 3.11. The van der Waals surface area contributed by atoms with Gasteiger partial charge in [0.2, 0.25) is 5.91 Å². The summed E-state index contributed by atoms with van der Waals surface area (Å²) in [5.41, 5.74) is -0.00328. The molecule has 9 heteroatoms. The van der Waals surface area contributed by atoms with Gasteiger partial charge in [0.05, 0.1) is 17.4 Å². The van der Waals surface area contributed by atoms with Gasteiger partial charge in [-0.25, -0.2) is 15.0 Å². The number of carbonyl (C=O) groups excluding carboxylic acids is 1. The molecule has 1 unspecified atom stereocenters. The molecule has 1 saturated carbocycles. The van der Waals surface area contributed by atoms with E-state index in [0.717, 1.165) is 16.5 Å². The third kappa shape index (κ3) is 2.33. The van der Waals surface area contributed by atoms with Crippen molar-refractivity contribution in [2.45, 2.75) is 31.4 Å². The molecule has 6 nitrogen and oxygen atoms in total. The SMILES string of the molecule is O=C(N1CCC(c2ncnc3cnc4[nH]ccc4c23)C1)C1(C(F)(F)F)CC1. The Balaban J connectivity index is 1.49. The summed E-state index contributed by atoms with van der Waals surface area (Å²) in [6.45, 7) is 0.561. The van der Waals surface area contributed by atoms with Gasteiger partial charge in [0, 0.05) is 36.0 Å². The van der Waals surface area contributed by atoms with E-state index >= 15 is 0 Å². The van der Waals surface area contributed by atoms with E-state index in [2.05, 4.69) is 19.9 Å². The Morgan fingerprint density at radius 3 is 2.81 bits per heavy atom. The minimum Gasteiger partial charge on any atom is -0.346 e. The maximum Gasteiger partial charge on any atom is 0.403 e. The van der Waals surface area contributed by atoms with Crippen LogP contribution in [0, 0.1) is 5.41 Å². The van der Waals surface area contributed by atoms with Crippen LogP contribution in [0.3, 0.4) is 0 Å². The summed E-state index contributed by atoms with van der Waals surface area (Å²) in [6.07, 6.45) is 0.761. The first-order valence-electron chi connectivity index (χ1n) is 8.83. The fourth-order valence-corrected chi connectivity index (χ4v) is 4.11. The number of nitrogens with one attached hydrogen (secondary N) is 1. The summed E-state index contributed by atoms with van der Waals surface area (Å²) in [6, 6.07) is 1.89. The van der Waals surface area contributed by atoms with Gasteiger partial charge in [-0.2, -0.15) is 13.2 Å². The molecule has 1 aliphatic heterocycles. The van der Waals surface area contributed by atoms with Gasteiger partial charge < -0.3 is 9.88 Å². The number of aromatic amines is 1. The average molecular weight is 375 g/mol. The highest BCUT2D eigenvalue weighted by Crippen LogP contribution is 2.59. The lowest BCUT2D eigenvalue weighted by Gasteiger charge is -2.25. The lowest BCUT2D eigenvalue weighted by molar-refractivity contribution is -0.197. The zero-order valence-corrected chi connectivity index (χ0v) is 14.3. The normalized spacial score (nSPS) is 21.9. The summed E-state index contributed by atoms with van der Waals surface area (Å²) in [5.74, 6) is -0.909. The highest BCUT2D eigenvalue weighted by molar-refractivity contribution is 6.04. The van der Waals surface area contributed by atoms with E-state index in [9.17, 15) is 18.0 Å². The van der Waals surface area contributed by atoms with Crippen molar-refractivity contribution in [2.24, 2.45) is 5.41 Å². The van der Waals surface area contributed by atoms with Crippen molar-refractivity contribution in [1.29, 1.82) is 0 Å².